The summed E-state index contributed by atoms with van der Waals surface area (Å²) in [5.74, 6) is 0.732. The number of aliphatic imine (C=N–C) groups is 1. The standard InChI is InChI=1S/C11H21N3/c1-8(2)14-9(12)13-7-11(14,4)10(3)5-6-10/h8H,5-7H2,1-4H3,(H2,12,13). The lowest BCUT2D eigenvalue weighted by Crippen LogP contribution is -2.57. The van der Waals surface area contributed by atoms with Gasteiger partial charge in [-0.2, -0.15) is 0 Å². The molecule has 1 saturated carbocycles. The summed E-state index contributed by atoms with van der Waals surface area (Å²) in [4.78, 5) is 6.72. The molecule has 0 aromatic carbocycles. The average molecular weight is 195 g/mol. The largest absolute Gasteiger partial charge is 0.370 e. The van der Waals surface area contributed by atoms with Crippen LogP contribution in [0.2, 0.25) is 0 Å². The molecule has 0 amide bonds. The Kier molecular flexibility index (Phi) is 1.85. The van der Waals surface area contributed by atoms with E-state index in [2.05, 4.69) is 37.6 Å². The molecule has 1 aliphatic heterocycles. The van der Waals surface area contributed by atoms with E-state index in [4.69, 9.17) is 5.73 Å². The Hall–Kier alpha value is -0.730. The lowest BCUT2D eigenvalue weighted by atomic mass is 9.82. The third-order valence-corrected chi connectivity index (χ3v) is 4.14. The minimum atomic E-state index is 0.158. The van der Waals surface area contributed by atoms with Gasteiger partial charge in [0.1, 0.15) is 0 Å². The Bertz CT molecular complexity index is 278. The van der Waals surface area contributed by atoms with Gasteiger partial charge in [-0.25, -0.2) is 0 Å². The minimum absolute atomic E-state index is 0.158. The van der Waals surface area contributed by atoms with Crippen molar-refractivity contribution in [2.24, 2.45) is 16.1 Å². The van der Waals surface area contributed by atoms with Gasteiger partial charge in [-0.1, -0.05) is 6.92 Å². The molecule has 1 atom stereocenters. The van der Waals surface area contributed by atoms with Gasteiger partial charge in [0.2, 0.25) is 0 Å². The molecule has 0 aromatic rings. The van der Waals surface area contributed by atoms with E-state index < -0.39 is 0 Å². The smallest absolute Gasteiger partial charge is 0.192 e. The van der Waals surface area contributed by atoms with Gasteiger partial charge in [-0.05, 0) is 39.0 Å². The molecule has 2 aliphatic rings. The number of hydrogen-bond acceptors (Lipinski definition) is 3. The van der Waals surface area contributed by atoms with E-state index in [0.29, 0.717) is 11.5 Å². The molecule has 80 valence electrons. The molecular formula is C11H21N3. The highest BCUT2D eigenvalue weighted by Gasteiger charge is 2.58. The molecule has 0 aromatic heterocycles. The molecule has 3 nitrogen and oxygen atoms in total. The van der Waals surface area contributed by atoms with Gasteiger partial charge in [-0.15, -0.1) is 0 Å². The van der Waals surface area contributed by atoms with Gasteiger partial charge in [0.15, 0.2) is 5.96 Å². The molecule has 1 unspecified atom stereocenters. The third kappa shape index (κ3) is 1.07. The summed E-state index contributed by atoms with van der Waals surface area (Å²) >= 11 is 0. The van der Waals surface area contributed by atoms with Crippen molar-refractivity contribution < 1.29 is 0 Å². The Morgan fingerprint density at radius 1 is 1.36 bits per heavy atom. The zero-order chi connectivity index (χ0) is 10.6. The SMILES string of the molecule is CC(C)N1C(N)=NCC1(C)C1(C)CC1. The maximum Gasteiger partial charge on any atom is 0.192 e. The first-order chi connectivity index (χ1) is 6.41. The van der Waals surface area contributed by atoms with Crippen molar-refractivity contribution in [2.45, 2.75) is 52.1 Å². The first kappa shape index (κ1) is 9.81. The summed E-state index contributed by atoms with van der Waals surface area (Å²) in [5, 5.41) is 0. The summed E-state index contributed by atoms with van der Waals surface area (Å²) in [5.41, 5.74) is 6.55. The Balaban J connectivity index is 2.29. The Morgan fingerprint density at radius 3 is 2.36 bits per heavy atom. The fourth-order valence-corrected chi connectivity index (χ4v) is 2.68. The number of rotatable bonds is 2. The first-order valence-electron chi connectivity index (χ1n) is 5.50. The molecule has 3 heteroatoms. The summed E-state index contributed by atoms with van der Waals surface area (Å²) in [6, 6.07) is 0.448. The zero-order valence-corrected chi connectivity index (χ0v) is 9.67. The van der Waals surface area contributed by atoms with Gasteiger partial charge in [0, 0.05) is 6.04 Å². The van der Waals surface area contributed by atoms with Crippen molar-refractivity contribution >= 4 is 5.96 Å². The summed E-state index contributed by atoms with van der Waals surface area (Å²) in [6.45, 7) is 9.92. The van der Waals surface area contributed by atoms with Crippen LogP contribution in [0.25, 0.3) is 0 Å². The first-order valence-corrected chi connectivity index (χ1v) is 5.50. The molecule has 0 spiro atoms. The van der Waals surface area contributed by atoms with E-state index in [-0.39, 0.29) is 5.54 Å². The van der Waals surface area contributed by atoms with Crippen LogP contribution in [-0.4, -0.2) is 29.0 Å². The number of hydrogen-bond donors (Lipinski definition) is 1. The second kappa shape index (κ2) is 2.65. The molecule has 2 rings (SSSR count). The predicted octanol–water partition coefficient (Wildman–Crippen LogP) is 1.58. The van der Waals surface area contributed by atoms with E-state index in [1.807, 2.05) is 0 Å². The second-order valence-corrected chi connectivity index (χ2v) is 5.47. The van der Waals surface area contributed by atoms with Crippen molar-refractivity contribution in [1.29, 1.82) is 0 Å². The fraction of sp³-hybridized carbons (Fsp3) is 0.909. The molecule has 1 heterocycles. The highest BCUT2D eigenvalue weighted by atomic mass is 15.4. The van der Waals surface area contributed by atoms with Crippen LogP contribution in [0.3, 0.4) is 0 Å². The predicted molar refractivity (Wildman–Crippen MR) is 59.2 cm³/mol. The van der Waals surface area contributed by atoms with E-state index in [1.165, 1.54) is 12.8 Å². The quantitative estimate of drug-likeness (QED) is 0.727. The molecule has 2 N–H and O–H groups in total. The number of nitrogens with two attached hydrogens (primary N) is 1. The monoisotopic (exact) mass is 195 g/mol. The molecule has 0 saturated heterocycles. The van der Waals surface area contributed by atoms with E-state index >= 15 is 0 Å². The highest BCUT2D eigenvalue weighted by molar-refractivity contribution is 5.81. The van der Waals surface area contributed by atoms with Gasteiger partial charge >= 0.3 is 0 Å². The van der Waals surface area contributed by atoms with E-state index in [9.17, 15) is 0 Å². The maximum absolute atomic E-state index is 5.96. The van der Waals surface area contributed by atoms with Crippen LogP contribution < -0.4 is 5.73 Å². The number of nitrogens with zero attached hydrogens (tertiary/aromatic N) is 2. The van der Waals surface area contributed by atoms with Crippen molar-refractivity contribution in [1.82, 2.24) is 4.90 Å². The lowest BCUT2D eigenvalue weighted by molar-refractivity contribution is 0.106. The summed E-state index contributed by atoms with van der Waals surface area (Å²) in [7, 11) is 0. The van der Waals surface area contributed by atoms with Crippen LogP contribution in [-0.2, 0) is 0 Å². The molecule has 0 bridgehead atoms. The second-order valence-electron chi connectivity index (χ2n) is 5.47. The molecule has 0 radical (unpaired) electrons. The van der Waals surface area contributed by atoms with Crippen molar-refractivity contribution in [3.63, 3.8) is 0 Å². The number of guanidine groups is 1. The van der Waals surface area contributed by atoms with Gasteiger partial charge in [0.25, 0.3) is 0 Å². The van der Waals surface area contributed by atoms with Crippen LogP contribution in [0.5, 0.6) is 0 Å². The third-order valence-electron chi connectivity index (χ3n) is 4.14. The van der Waals surface area contributed by atoms with Crippen LogP contribution in [0.1, 0.15) is 40.5 Å². The minimum Gasteiger partial charge on any atom is -0.370 e. The maximum atomic E-state index is 5.96. The zero-order valence-electron chi connectivity index (χ0n) is 9.67. The lowest BCUT2D eigenvalue weighted by Gasteiger charge is -2.44. The van der Waals surface area contributed by atoms with Crippen LogP contribution in [0.4, 0.5) is 0 Å². The van der Waals surface area contributed by atoms with Crippen LogP contribution >= 0.6 is 0 Å². The highest BCUT2D eigenvalue weighted by Crippen LogP contribution is 2.57. The van der Waals surface area contributed by atoms with Gasteiger partial charge in [-0.3, -0.25) is 4.99 Å². The van der Waals surface area contributed by atoms with Crippen molar-refractivity contribution in [2.75, 3.05) is 6.54 Å². The van der Waals surface area contributed by atoms with Gasteiger partial charge in [0.05, 0.1) is 12.1 Å². The average Bonchev–Trinajstić information content (AvgIpc) is 2.73. The van der Waals surface area contributed by atoms with Crippen molar-refractivity contribution in [3.05, 3.63) is 0 Å². The fourth-order valence-electron chi connectivity index (χ4n) is 2.68. The van der Waals surface area contributed by atoms with E-state index in [1.54, 1.807) is 0 Å². The molecule has 14 heavy (non-hydrogen) atoms. The van der Waals surface area contributed by atoms with Crippen molar-refractivity contribution in [3.8, 4) is 0 Å². The normalized spacial score (nSPS) is 34.9. The molecular weight excluding hydrogens is 174 g/mol. The summed E-state index contributed by atoms with van der Waals surface area (Å²) < 4.78 is 0. The topological polar surface area (TPSA) is 41.6 Å². The van der Waals surface area contributed by atoms with Crippen LogP contribution in [0.15, 0.2) is 4.99 Å². The summed E-state index contributed by atoms with van der Waals surface area (Å²) in [6.07, 6.45) is 2.63. The Labute approximate surface area is 86.4 Å². The van der Waals surface area contributed by atoms with E-state index in [0.717, 1.165) is 12.5 Å². The molecule has 1 aliphatic carbocycles. The molecule has 1 fully saturated rings. The van der Waals surface area contributed by atoms with Gasteiger partial charge < -0.3 is 10.6 Å². The Morgan fingerprint density at radius 2 is 1.93 bits per heavy atom. The van der Waals surface area contributed by atoms with Crippen LogP contribution in [0, 0.1) is 5.41 Å².